The fraction of sp³-hybridized carbons (Fsp3) is 1.00. The molecule has 1 atom stereocenters. The first-order valence-electron chi connectivity index (χ1n) is 7.64. The summed E-state index contributed by atoms with van der Waals surface area (Å²) < 4.78 is 29.0. The highest BCUT2D eigenvalue weighted by molar-refractivity contribution is 7.86. The van der Waals surface area contributed by atoms with Crippen molar-refractivity contribution in [2.45, 2.75) is 51.5 Å². The molecule has 0 bridgehead atoms. The minimum absolute atomic E-state index is 0.131. The molecule has 0 amide bonds. The van der Waals surface area contributed by atoms with Gasteiger partial charge in [0, 0.05) is 32.2 Å². The van der Waals surface area contributed by atoms with Crippen molar-refractivity contribution in [1.29, 1.82) is 0 Å². The SMILES string of the molecule is CCN(C1CCCNC1)S(=O)(=O)N1CCCCCC1. The van der Waals surface area contributed by atoms with Gasteiger partial charge in [-0.25, -0.2) is 0 Å². The maximum atomic E-state index is 12.8. The van der Waals surface area contributed by atoms with E-state index in [0.29, 0.717) is 19.6 Å². The monoisotopic (exact) mass is 289 g/mol. The van der Waals surface area contributed by atoms with E-state index >= 15 is 0 Å². The van der Waals surface area contributed by atoms with Crippen LogP contribution in [0.2, 0.25) is 0 Å². The molecule has 1 N–H and O–H groups in total. The molecule has 6 heteroatoms. The van der Waals surface area contributed by atoms with E-state index in [1.54, 1.807) is 8.61 Å². The first kappa shape index (κ1) is 15.2. The summed E-state index contributed by atoms with van der Waals surface area (Å²) in [5.41, 5.74) is 0. The summed E-state index contributed by atoms with van der Waals surface area (Å²) in [6, 6.07) is 0.131. The molecule has 2 aliphatic heterocycles. The van der Waals surface area contributed by atoms with Crippen LogP contribution in [0.15, 0.2) is 0 Å². The summed E-state index contributed by atoms with van der Waals surface area (Å²) in [6.07, 6.45) is 6.36. The number of likely N-dealkylation sites (N-methyl/N-ethyl adjacent to an activating group) is 1. The number of hydrogen-bond donors (Lipinski definition) is 1. The van der Waals surface area contributed by atoms with Gasteiger partial charge >= 0.3 is 0 Å². The second-order valence-electron chi connectivity index (χ2n) is 5.52. The molecule has 0 aromatic rings. The number of hydrogen-bond acceptors (Lipinski definition) is 3. The molecule has 0 aromatic carbocycles. The first-order chi connectivity index (χ1) is 9.16. The van der Waals surface area contributed by atoms with Crippen molar-refractivity contribution in [2.24, 2.45) is 0 Å². The van der Waals surface area contributed by atoms with Crippen molar-refractivity contribution in [3.8, 4) is 0 Å². The molecular weight excluding hydrogens is 262 g/mol. The predicted octanol–water partition coefficient (Wildman–Crippen LogP) is 1.18. The fourth-order valence-corrected chi connectivity index (χ4v) is 5.01. The van der Waals surface area contributed by atoms with Gasteiger partial charge in [0.05, 0.1) is 0 Å². The Labute approximate surface area is 117 Å². The largest absolute Gasteiger partial charge is 0.315 e. The molecule has 1 unspecified atom stereocenters. The Morgan fingerprint density at radius 3 is 2.37 bits per heavy atom. The lowest BCUT2D eigenvalue weighted by Crippen LogP contribution is -2.53. The van der Waals surface area contributed by atoms with Crippen LogP contribution in [0.3, 0.4) is 0 Å². The average molecular weight is 289 g/mol. The van der Waals surface area contributed by atoms with Crippen molar-refractivity contribution >= 4 is 10.2 Å². The molecule has 5 nitrogen and oxygen atoms in total. The Morgan fingerprint density at radius 1 is 1.16 bits per heavy atom. The highest BCUT2D eigenvalue weighted by atomic mass is 32.2. The van der Waals surface area contributed by atoms with Crippen LogP contribution < -0.4 is 5.32 Å². The second-order valence-corrected chi connectivity index (χ2v) is 7.41. The van der Waals surface area contributed by atoms with E-state index in [2.05, 4.69) is 5.32 Å². The summed E-state index contributed by atoms with van der Waals surface area (Å²) in [5.74, 6) is 0. The summed E-state index contributed by atoms with van der Waals surface area (Å²) in [5, 5.41) is 3.31. The van der Waals surface area contributed by atoms with Crippen LogP contribution in [-0.2, 0) is 10.2 Å². The Bertz CT molecular complexity index is 358. The Morgan fingerprint density at radius 2 is 1.84 bits per heavy atom. The van der Waals surface area contributed by atoms with Gasteiger partial charge in [-0.3, -0.25) is 0 Å². The molecule has 0 aromatic heterocycles. The van der Waals surface area contributed by atoms with Gasteiger partial charge in [-0.2, -0.15) is 17.0 Å². The molecule has 0 aliphatic carbocycles. The normalized spacial score (nSPS) is 27.4. The molecule has 2 saturated heterocycles. The predicted molar refractivity (Wildman–Crippen MR) is 77.2 cm³/mol. The van der Waals surface area contributed by atoms with E-state index in [9.17, 15) is 8.42 Å². The van der Waals surface area contributed by atoms with Crippen LogP contribution in [0, 0.1) is 0 Å². The fourth-order valence-electron chi connectivity index (χ4n) is 3.11. The van der Waals surface area contributed by atoms with E-state index in [1.807, 2.05) is 6.92 Å². The third-order valence-corrected chi connectivity index (χ3v) is 6.34. The zero-order chi connectivity index (χ0) is 13.7. The standard InChI is InChI=1S/C13H27N3O2S/c1-2-16(13-8-7-9-14-12-13)19(17,18)15-10-5-3-4-6-11-15/h13-14H,2-12H2,1H3. The quantitative estimate of drug-likeness (QED) is 0.845. The first-order valence-corrected chi connectivity index (χ1v) is 9.03. The van der Waals surface area contributed by atoms with Crippen molar-refractivity contribution in [1.82, 2.24) is 13.9 Å². The Kier molecular flexibility index (Phi) is 5.62. The lowest BCUT2D eigenvalue weighted by Gasteiger charge is -2.36. The Balaban J connectivity index is 2.09. The molecule has 0 radical (unpaired) electrons. The topological polar surface area (TPSA) is 52.7 Å². The number of nitrogens with zero attached hydrogens (tertiary/aromatic N) is 2. The van der Waals surface area contributed by atoms with Crippen molar-refractivity contribution in [2.75, 3.05) is 32.7 Å². The molecule has 2 rings (SSSR count). The van der Waals surface area contributed by atoms with Gasteiger partial charge in [0.2, 0.25) is 0 Å². The Hall–Kier alpha value is -0.170. The van der Waals surface area contributed by atoms with E-state index in [0.717, 1.165) is 51.6 Å². The molecule has 0 spiro atoms. The van der Waals surface area contributed by atoms with Crippen LogP contribution >= 0.6 is 0 Å². The lowest BCUT2D eigenvalue weighted by atomic mass is 10.1. The zero-order valence-electron chi connectivity index (χ0n) is 12.0. The smallest absolute Gasteiger partial charge is 0.282 e. The summed E-state index contributed by atoms with van der Waals surface area (Å²) >= 11 is 0. The maximum Gasteiger partial charge on any atom is 0.282 e. The van der Waals surface area contributed by atoms with Crippen molar-refractivity contribution < 1.29 is 8.42 Å². The maximum absolute atomic E-state index is 12.8. The van der Waals surface area contributed by atoms with Gasteiger partial charge in [0.25, 0.3) is 10.2 Å². The average Bonchev–Trinajstić information content (AvgIpc) is 2.70. The van der Waals surface area contributed by atoms with Gasteiger partial charge in [-0.15, -0.1) is 0 Å². The zero-order valence-corrected chi connectivity index (χ0v) is 12.8. The summed E-state index contributed by atoms with van der Waals surface area (Å²) in [7, 11) is -3.27. The molecule has 0 saturated carbocycles. The minimum Gasteiger partial charge on any atom is -0.315 e. The van der Waals surface area contributed by atoms with Gasteiger partial charge in [0.1, 0.15) is 0 Å². The van der Waals surface area contributed by atoms with E-state index in [-0.39, 0.29) is 6.04 Å². The van der Waals surface area contributed by atoms with Crippen LogP contribution in [-0.4, -0.2) is 55.8 Å². The number of piperidine rings is 1. The van der Waals surface area contributed by atoms with Crippen LogP contribution in [0.25, 0.3) is 0 Å². The van der Waals surface area contributed by atoms with Gasteiger partial charge in [-0.05, 0) is 32.2 Å². The van der Waals surface area contributed by atoms with Gasteiger partial charge in [-0.1, -0.05) is 19.8 Å². The molecule has 2 heterocycles. The van der Waals surface area contributed by atoms with Crippen LogP contribution in [0.5, 0.6) is 0 Å². The second kappa shape index (κ2) is 7.02. The highest BCUT2D eigenvalue weighted by Gasteiger charge is 2.34. The van der Waals surface area contributed by atoms with Gasteiger partial charge < -0.3 is 5.32 Å². The molecular formula is C13H27N3O2S. The summed E-state index contributed by atoms with van der Waals surface area (Å²) in [6.45, 7) is 5.71. The van der Waals surface area contributed by atoms with Crippen molar-refractivity contribution in [3.05, 3.63) is 0 Å². The van der Waals surface area contributed by atoms with E-state index < -0.39 is 10.2 Å². The third-order valence-electron chi connectivity index (χ3n) is 4.18. The highest BCUT2D eigenvalue weighted by Crippen LogP contribution is 2.20. The number of nitrogens with one attached hydrogen (secondary N) is 1. The molecule has 2 fully saturated rings. The number of rotatable bonds is 4. The molecule has 19 heavy (non-hydrogen) atoms. The van der Waals surface area contributed by atoms with Crippen LogP contribution in [0.1, 0.15) is 45.4 Å². The summed E-state index contributed by atoms with van der Waals surface area (Å²) in [4.78, 5) is 0. The van der Waals surface area contributed by atoms with E-state index in [1.165, 1.54) is 0 Å². The van der Waals surface area contributed by atoms with Gasteiger partial charge in [0.15, 0.2) is 0 Å². The van der Waals surface area contributed by atoms with Crippen molar-refractivity contribution in [3.63, 3.8) is 0 Å². The minimum atomic E-state index is -3.27. The molecule has 2 aliphatic rings. The van der Waals surface area contributed by atoms with E-state index in [4.69, 9.17) is 0 Å². The van der Waals surface area contributed by atoms with Crippen LogP contribution in [0.4, 0.5) is 0 Å². The third kappa shape index (κ3) is 3.68. The molecule has 112 valence electrons. The lowest BCUT2D eigenvalue weighted by molar-refractivity contribution is 0.252.